The van der Waals surface area contributed by atoms with E-state index in [-0.39, 0.29) is 10.8 Å². The van der Waals surface area contributed by atoms with E-state index >= 15 is 0 Å². The van der Waals surface area contributed by atoms with E-state index < -0.39 is 0 Å². The van der Waals surface area contributed by atoms with Gasteiger partial charge < -0.3 is 19.9 Å². The summed E-state index contributed by atoms with van der Waals surface area (Å²) in [5.41, 5.74) is 7.34. The largest absolute Gasteiger partial charge is 0.497 e. The Hall–Kier alpha value is -1.10. The Morgan fingerprint density at radius 3 is 2.06 bits per heavy atom. The van der Waals surface area contributed by atoms with E-state index in [4.69, 9.17) is 19.9 Å². The molecule has 2 N–H and O–H groups in total. The SMILES string of the molecule is COc1ccc(C2(C3(CN)COC3)COC2)cc1. The molecule has 18 heavy (non-hydrogen) atoms. The molecular formula is C14H19NO3. The van der Waals surface area contributed by atoms with Crippen LogP contribution in [0.25, 0.3) is 0 Å². The number of rotatable bonds is 4. The van der Waals surface area contributed by atoms with Gasteiger partial charge in [-0.2, -0.15) is 0 Å². The Morgan fingerprint density at radius 2 is 1.72 bits per heavy atom. The van der Waals surface area contributed by atoms with Gasteiger partial charge in [0.2, 0.25) is 0 Å². The second-order valence-corrected chi connectivity index (χ2v) is 5.28. The van der Waals surface area contributed by atoms with Gasteiger partial charge in [0.25, 0.3) is 0 Å². The molecule has 2 saturated heterocycles. The highest BCUT2D eigenvalue weighted by Crippen LogP contribution is 2.51. The minimum absolute atomic E-state index is 0.0201. The molecule has 0 unspecified atom stereocenters. The molecule has 0 aliphatic carbocycles. The van der Waals surface area contributed by atoms with Gasteiger partial charge in [0, 0.05) is 12.0 Å². The fourth-order valence-corrected chi connectivity index (χ4v) is 2.93. The summed E-state index contributed by atoms with van der Waals surface area (Å²) in [6, 6.07) is 8.24. The maximum Gasteiger partial charge on any atom is 0.118 e. The molecule has 0 amide bonds. The average Bonchev–Trinajstić information content (AvgIpc) is 2.31. The van der Waals surface area contributed by atoms with Crippen molar-refractivity contribution in [3.8, 4) is 5.75 Å². The first kappa shape index (κ1) is 12.0. The molecule has 2 fully saturated rings. The van der Waals surface area contributed by atoms with Crippen LogP contribution in [-0.2, 0) is 14.9 Å². The van der Waals surface area contributed by atoms with E-state index in [0.717, 1.165) is 32.2 Å². The fraction of sp³-hybridized carbons (Fsp3) is 0.571. The van der Waals surface area contributed by atoms with Gasteiger partial charge in [0.15, 0.2) is 0 Å². The summed E-state index contributed by atoms with van der Waals surface area (Å²) in [5.74, 6) is 0.876. The van der Waals surface area contributed by atoms with E-state index in [0.29, 0.717) is 6.54 Å². The van der Waals surface area contributed by atoms with Crippen molar-refractivity contribution in [2.45, 2.75) is 5.41 Å². The summed E-state index contributed by atoms with van der Waals surface area (Å²) in [6.45, 7) is 3.58. The molecule has 0 saturated carbocycles. The van der Waals surface area contributed by atoms with E-state index in [1.165, 1.54) is 5.56 Å². The number of ether oxygens (including phenoxy) is 3. The Kier molecular flexibility index (Phi) is 2.81. The standard InChI is InChI=1S/C14H19NO3/c1-16-12-4-2-11(3-5-12)14(9-18-10-14)13(6-15)7-17-8-13/h2-5H,6-10,15H2,1H3. The zero-order valence-electron chi connectivity index (χ0n) is 10.6. The molecule has 2 aliphatic heterocycles. The van der Waals surface area contributed by atoms with Crippen molar-refractivity contribution in [3.05, 3.63) is 29.8 Å². The van der Waals surface area contributed by atoms with Gasteiger partial charge >= 0.3 is 0 Å². The van der Waals surface area contributed by atoms with Gasteiger partial charge in [-0.15, -0.1) is 0 Å². The van der Waals surface area contributed by atoms with Crippen LogP contribution in [0.1, 0.15) is 5.56 Å². The minimum Gasteiger partial charge on any atom is -0.497 e. The Labute approximate surface area is 107 Å². The van der Waals surface area contributed by atoms with Crippen LogP contribution in [0, 0.1) is 5.41 Å². The number of hydrogen-bond donors (Lipinski definition) is 1. The highest BCUT2D eigenvalue weighted by molar-refractivity contribution is 5.37. The van der Waals surface area contributed by atoms with E-state index in [1.54, 1.807) is 7.11 Å². The van der Waals surface area contributed by atoms with Gasteiger partial charge in [-0.1, -0.05) is 12.1 Å². The quantitative estimate of drug-likeness (QED) is 0.863. The highest BCUT2D eigenvalue weighted by Gasteiger charge is 2.60. The van der Waals surface area contributed by atoms with Gasteiger partial charge in [-0.25, -0.2) is 0 Å². The lowest BCUT2D eigenvalue weighted by molar-refractivity contribution is -0.223. The molecule has 0 bridgehead atoms. The average molecular weight is 249 g/mol. The van der Waals surface area contributed by atoms with Gasteiger partial charge in [0.1, 0.15) is 5.75 Å². The third kappa shape index (κ3) is 1.43. The topological polar surface area (TPSA) is 53.7 Å². The molecule has 0 aromatic heterocycles. The van der Waals surface area contributed by atoms with E-state index in [2.05, 4.69) is 12.1 Å². The lowest BCUT2D eigenvalue weighted by Gasteiger charge is -2.59. The monoisotopic (exact) mass is 249 g/mol. The molecule has 98 valence electrons. The molecule has 3 rings (SSSR count). The van der Waals surface area contributed by atoms with Crippen LogP contribution in [0.5, 0.6) is 5.75 Å². The lowest BCUT2D eigenvalue weighted by Crippen LogP contribution is -2.69. The number of benzene rings is 1. The zero-order chi connectivity index (χ0) is 12.6. The van der Waals surface area contributed by atoms with Gasteiger partial charge in [-0.3, -0.25) is 0 Å². The predicted octanol–water partition coefficient (Wildman–Crippen LogP) is 0.938. The molecule has 2 aliphatic rings. The summed E-state index contributed by atoms with van der Waals surface area (Å²) in [6.07, 6.45) is 0. The molecular weight excluding hydrogens is 230 g/mol. The van der Waals surface area contributed by atoms with E-state index in [1.807, 2.05) is 12.1 Å². The summed E-state index contributed by atoms with van der Waals surface area (Å²) < 4.78 is 16.1. The molecule has 0 atom stereocenters. The Balaban J connectivity index is 1.95. The molecule has 1 aromatic carbocycles. The van der Waals surface area contributed by atoms with Crippen molar-refractivity contribution in [2.75, 3.05) is 40.1 Å². The van der Waals surface area contributed by atoms with Crippen LogP contribution in [0.4, 0.5) is 0 Å². The maximum atomic E-state index is 6.00. The summed E-state index contributed by atoms with van der Waals surface area (Å²) in [4.78, 5) is 0. The molecule has 0 radical (unpaired) electrons. The van der Waals surface area contributed by atoms with Crippen LogP contribution in [0.2, 0.25) is 0 Å². The first-order chi connectivity index (χ1) is 8.76. The van der Waals surface area contributed by atoms with Crippen LogP contribution in [0.3, 0.4) is 0 Å². The molecule has 2 heterocycles. The van der Waals surface area contributed by atoms with Crippen molar-refractivity contribution in [1.29, 1.82) is 0 Å². The molecule has 4 nitrogen and oxygen atoms in total. The fourth-order valence-electron chi connectivity index (χ4n) is 2.93. The Bertz CT molecular complexity index is 416. The van der Waals surface area contributed by atoms with Gasteiger partial charge in [0.05, 0.1) is 39.0 Å². The second kappa shape index (κ2) is 4.23. The smallest absolute Gasteiger partial charge is 0.118 e. The summed E-state index contributed by atoms with van der Waals surface area (Å²) >= 11 is 0. The minimum atomic E-state index is 0.0201. The predicted molar refractivity (Wildman–Crippen MR) is 67.8 cm³/mol. The van der Waals surface area contributed by atoms with E-state index in [9.17, 15) is 0 Å². The summed E-state index contributed by atoms with van der Waals surface area (Å²) in [5, 5.41) is 0. The normalized spacial score (nSPS) is 23.9. The third-order valence-electron chi connectivity index (χ3n) is 4.50. The Morgan fingerprint density at radius 1 is 1.11 bits per heavy atom. The third-order valence-corrected chi connectivity index (χ3v) is 4.50. The van der Waals surface area contributed by atoms with Crippen molar-refractivity contribution >= 4 is 0 Å². The first-order valence-electron chi connectivity index (χ1n) is 6.26. The second-order valence-electron chi connectivity index (χ2n) is 5.28. The molecule has 1 aromatic rings. The van der Waals surface area contributed by atoms with Crippen LogP contribution in [-0.4, -0.2) is 40.1 Å². The number of nitrogens with two attached hydrogens (primary N) is 1. The summed E-state index contributed by atoms with van der Waals surface area (Å²) in [7, 11) is 1.68. The number of hydrogen-bond acceptors (Lipinski definition) is 4. The molecule has 4 heteroatoms. The van der Waals surface area contributed by atoms with Crippen LogP contribution < -0.4 is 10.5 Å². The maximum absolute atomic E-state index is 6.00. The van der Waals surface area contributed by atoms with Crippen molar-refractivity contribution < 1.29 is 14.2 Å². The zero-order valence-corrected chi connectivity index (χ0v) is 10.6. The van der Waals surface area contributed by atoms with Crippen molar-refractivity contribution in [3.63, 3.8) is 0 Å². The van der Waals surface area contributed by atoms with Crippen LogP contribution >= 0.6 is 0 Å². The lowest BCUT2D eigenvalue weighted by atomic mass is 9.57. The van der Waals surface area contributed by atoms with Crippen molar-refractivity contribution in [1.82, 2.24) is 0 Å². The van der Waals surface area contributed by atoms with Gasteiger partial charge in [-0.05, 0) is 17.7 Å². The highest BCUT2D eigenvalue weighted by atomic mass is 16.5. The first-order valence-corrected chi connectivity index (χ1v) is 6.26. The van der Waals surface area contributed by atoms with Crippen molar-refractivity contribution in [2.24, 2.45) is 11.1 Å². The molecule has 0 spiro atoms. The number of methoxy groups -OCH3 is 1. The van der Waals surface area contributed by atoms with Crippen LogP contribution in [0.15, 0.2) is 24.3 Å².